The number of amides is 2. The van der Waals surface area contributed by atoms with Gasteiger partial charge in [0, 0.05) is 39.3 Å². The zero-order valence-corrected chi connectivity index (χ0v) is 22.1. The number of fused-ring (bicyclic) bond motifs is 5. The van der Waals surface area contributed by atoms with Crippen molar-refractivity contribution >= 4 is 41.8 Å². The standard InChI is InChI=1S/C24H39N5O2.HI/c1-4-25-24(27-13-17-6-5-10-28(15-17)14-16(2)3)26-9-11-29-22(30)20-18-7-8-19(12-18)21(20)23(29)31;/h7-8,16-21H,4-6,9-15H2,1-3H3,(H2,25,26,27);1H. The number of nitrogens with one attached hydrogen (secondary N) is 2. The molecule has 0 aromatic rings. The van der Waals surface area contributed by atoms with Crippen LogP contribution in [-0.2, 0) is 9.59 Å². The van der Waals surface area contributed by atoms with Crippen LogP contribution in [0.1, 0.15) is 40.0 Å². The van der Waals surface area contributed by atoms with Crippen LogP contribution in [0.25, 0.3) is 0 Å². The van der Waals surface area contributed by atoms with Gasteiger partial charge in [0.15, 0.2) is 5.96 Å². The van der Waals surface area contributed by atoms with Crippen molar-refractivity contribution in [1.29, 1.82) is 0 Å². The second-order valence-electron chi connectivity index (χ2n) is 10.1. The quantitative estimate of drug-likeness (QED) is 0.158. The van der Waals surface area contributed by atoms with Gasteiger partial charge in [0.1, 0.15) is 0 Å². The normalized spacial score (nSPS) is 31.9. The highest BCUT2D eigenvalue weighted by molar-refractivity contribution is 14.0. The lowest BCUT2D eigenvalue weighted by Gasteiger charge is -2.33. The molecular weight excluding hydrogens is 517 g/mol. The third-order valence-corrected chi connectivity index (χ3v) is 7.27. The van der Waals surface area contributed by atoms with Crippen molar-refractivity contribution in [2.75, 3.05) is 45.8 Å². The van der Waals surface area contributed by atoms with Crippen LogP contribution in [0.15, 0.2) is 17.1 Å². The lowest BCUT2D eigenvalue weighted by atomic mass is 9.85. The van der Waals surface area contributed by atoms with Crippen molar-refractivity contribution in [2.45, 2.75) is 40.0 Å². The Labute approximate surface area is 209 Å². The number of rotatable bonds is 8. The fourth-order valence-corrected chi connectivity index (χ4v) is 6.02. The maximum Gasteiger partial charge on any atom is 0.233 e. The number of carbonyl (C=O) groups is 2. The van der Waals surface area contributed by atoms with Gasteiger partial charge in [-0.15, -0.1) is 24.0 Å². The lowest BCUT2D eigenvalue weighted by Crippen LogP contribution is -2.44. The molecule has 5 unspecified atom stereocenters. The molecule has 5 atom stereocenters. The molecule has 0 aromatic heterocycles. The van der Waals surface area contributed by atoms with Crippen LogP contribution in [0.5, 0.6) is 0 Å². The van der Waals surface area contributed by atoms with Gasteiger partial charge in [0.2, 0.25) is 11.8 Å². The topological polar surface area (TPSA) is 77.0 Å². The molecule has 2 saturated heterocycles. The highest BCUT2D eigenvalue weighted by Gasteiger charge is 2.58. The van der Waals surface area contributed by atoms with E-state index in [1.807, 2.05) is 0 Å². The molecule has 32 heavy (non-hydrogen) atoms. The summed E-state index contributed by atoms with van der Waals surface area (Å²) in [5.41, 5.74) is 0. The summed E-state index contributed by atoms with van der Waals surface area (Å²) < 4.78 is 0. The zero-order valence-electron chi connectivity index (χ0n) is 19.8. The Morgan fingerprint density at radius 3 is 2.47 bits per heavy atom. The second-order valence-corrected chi connectivity index (χ2v) is 10.1. The molecule has 2 heterocycles. The van der Waals surface area contributed by atoms with Gasteiger partial charge in [-0.25, -0.2) is 0 Å². The summed E-state index contributed by atoms with van der Waals surface area (Å²) in [6.45, 7) is 12.6. The van der Waals surface area contributed by atoms with E-state index in [-0.39, 0.29) is 59.5 Å². The first-order chi connectivity index (χ1) is 15.0. The maximum absolute atomic E-state index is 12.8. The molecule has 4 aliphatic rings. The number of guanidine groups is 1. The number of hydrogen-bond acceptors (Lipinski definition) is 4. The second kappa shape index (κ2) is 11.3. The van der Waals surface area contributed by atoms with Crippen molar-refractivity contribution in [1.82, 2.24) is 20.4 Å². The molecule has 2 N–H and O–H groups in total. The first-order valence-corrected chi connectivity index (χ1v) is 12.3. The first kappa shape index (κ1) is 25.5. The molecule has 1 saturated carbocycles. The van der Waals surface area contributed by atoms with Crippen molar-refractivity contribution < 1.29 is 9.59 Å². The molecule has 3 fully saturated rings. The minimum absolute atomic E-state index is 0. The molecule has 2 aliphatic carbocycles. The van der Waals surface area contributed by atoms with Crippen LogP contribution < -0.4 is 10.6 Å². The summed E-state index contributed by atoms with van der Waals surface area (Å²) in [6, 6.07) is 0. The van der Waals surface area contributed by atoms with Gasteiger partial charge < -0.3 is 15.5 Å². The van der Waals surface area contributed by atoms with E-state index in [0.29, 0.717) is 24.9 Å². The Balaban J connectivity index is 0.00000289. The van der Waals surface area contributed by atoms with Gasteiger partial charge >= 0.3 is 0 Å². The number of allylic oxidation sites excluding steroid dienone is 2. The molecule has 2 amide bonds. The van der Waals surface area contributed by atoms with E-state index in [2.05, 4.69) is 48.5 Å². The van der Waals surface area contributed by atoms with Crippen LogP contribution >= 0.6 is 24.0 Å². The Hall–Kier alpha value is -1.16. The Morgan fingerprint density at radius 2 is 1.84 bits per heavy atom. The third kappa shape index (κ3) is 5.48. The average Bonchev–Trinajstić information content (AvgIpc) is 3.41. The van der Waals surface area contributed by atoms with Gasteiger partial charge in [-0.2, -0.15) is 0 Å². The van der Waals surface area contributed by atoms with E-state index in [1.54, 1.807) is 0 Å². The number of hydrogen-bond donors (Lipinski definition) is 2. The van der Waals surface area contributed by atoms with E-state index in [4.69, 9.17) is 4.99 Å². The Kier molecular flexibility index (Phi) is 9.00. The molecule has 0 radical (unpaired) electrons. The van der Waals surface area contributed by atoms with Gasteiger partial charge in [-0.1, -0.05) is 26.0 Å². The number of piperidine rings is 1. The van der Waals surface area contributed by atoms with E-state index >= 15 is 0 Å². The molecule has 8 heteroatoms. The number of aliphatic imine (C=N–C) groups is 1. The largest absolute Gasteiger partial charge is 0.357 e. The fourth-order valence-electron chi connectivity index (χ4n) is 6.02. The molecule has 4 rings (SSSR count). The molecule has 2 bridgehead atoms. The SMILES string of the molecule is CCNC(=NCC1CCCN(CC(C)C)C1)NCCN1C(=O)C2C3C=CC(C3)C2C1=O.I. The molecule has 0 spiro atoms. The number of nitrogens with zero attached hydrogens (tertiary/aromatic N) is 3. The highest BCUT2D eigenvalue weighted by Crippen LogP contribution is 2.52. The van der Waals surface area contributed by atoms with E-state index in [0.717, 1.165) is 38.6 Å². The van der Waals surface area contributed by atoms with Gasteiger partial charge in [0.25, 0.3) is 0 Å². The minimum Gasteiger partial charge on any atom is -0.357 e. The predicted octanol–water partition coefficient (Wildman–Crippen LogP) is 2.33. The number of imide groups is 1. The number of carbonyl (C=O) groups excluding carboxylic acids is 2. The van der Waals surface area contributed by atoms with Crippen LogP contribution in [0, 0.1) is 35.5 Å². The summed E-state index contributed by atoms with van der Waals surface area (Å²) in [5.74, 6) is 2.46. The summed E-state index contributed by atoms with van der Waals surface area (Å²) in [4.78, 5) is 34.5. The first-order valence-electron chi connectivity index (χ1n) is 12.3. The van der Waals surface area contributed by atoms with Crippen LogP contribution in [0.2, 0.25) is 0 Å². The summed E-state index contributed by atoms with van der Waals surface area (Å²) in [6.07, 6.45) is 7.74. The Morgan fingerprint density at radius 1 is 1.16 bits per heavy atom. The lowest BCUT2D eigenvalue weighted by molar-refractivity contribution is -0.140. The summed E-state index contributed by atoms with van der Waals surface area (Å²) in [7, 11) is 0. The smallest absolute Gasteiger partial charge is 0.233 e. The molecule has 2 aliphatic heterocycles. The highest BCUT2D eigenvalue weighted by atomic mass is 127. The van der Waals surface area contributed by atoms with Crippen molar-refractivity contribution in [3.05, 3.63) is 12.2 Å². The van der Waals surface area contributed by atoms with Crippen LogP contribution in [0.4, 0.5) is 0 Å². The van der Waals surface area contributed by atoms with Crippen molar-refractivity contribution in [3.63, 3.8) is 0 Å². The fraction of sp³-hybridized carbons (Fsp3) is 0.792. The van der Waals surface area contributed by atoms with Gasteiger partial charge in [0.05, 0.1) is 11.8 Å². The number of likely N-dealkylation sites (tertiary alicyclic amines) is 2. The van der Waals surface area contributed by atoms with Crippen LogP contribution in [0.3, 0.4) is 0 Å². The predicted molar refractivity (Wildman–Crippen MR) is 138 cm³/mol. The number of halogens is 1. The van der Waals surface area contributed by atoms with Crippen molar-refractivity contribution in [2.24, 2.45) is 40.5 Å². The van der Waals surface area contributed by atoms with Crippen molar-refractivity contribution in [3.8, 4) is 0 Å². The minimum atomic E-state index is -0.107. The summed E-state index contributed by atoms with van der Waals surface area (Å²) in [5, 5.41) is 6.64. The van der Waals surface area contributed by atoms with Crippen LogP contribution in [-0.4, -0.2) is 73.4 Å². The van der Waals surface area contributed by atoms with Gasteiger partial charge in [-0.05, 0) is 56.4 Å². The molecule has 0 aromatic carbocycles. The van der Waals surface area contributed by atoms with E-state index in [9.17, 15) is 9.59 Å². The molecule has 180 valence electrons. The van der Waals surface area contributed by atoms with Gasteiger partial charge in [-0.3, -0.25) is 19.5 Å². The Bertz CT molecular complexity index is 710. The third-order valence-electron chi connectivity index (χ3n) is 7.27. The maximum atomic E-state index is 12.8. The zero-order chi connectivity index (χ0) is 22.0. The van der Waals surface area contributed by atoms with E-state index < -0.39 is 0 Å². The van der Waals surface area contributed by atoms with E-state index in [1.165, 1.54) is 24.3 Å². The average molecular weight is 558 g/mol. The molecule has 7 nitrogen and oxygen atoms in total. The molecular formula is C24H40IN5O2. The summed E-state index contributed by atoms with van der Waals surface area (Å²) >= 11 is 0. The monoisotopic (exact) mass is 557 g/mol.